The third kappa shape index (κ3) is 3.80. The van der Waals surface area contributed by atoms with E-state index in [1.54, 1.807) is 6.20 Å². The minimum Gasteiger partial charge on any atom is -0.493 e. The largest absolute Gasteiger partial charge is 0.493 e. The quantitative estimate of drug-likeness (QED) is 0.441. The van der Waals surface area contributed by atoms with Crippen molar-refractivity contribution < 1.29 is 19.4 Å². The van der Waals surface area contributed by atoms with E-state index in [1.807, 2.05) is 70.3 Å². The Labute approximate surface area is 192 Å². The fourth-order valence-electron chi connectivity index (χ4n) is 4.52. The monoisotopic (exact) mass is 442 g/mol. The van der Waals surface area contributed by atoms with E-state index in [4.69, 9.17) is 14.5 Å². The topological polar surface area (TPSA) is 81.5 Å². The van der Waals surface area contributed by atoms with Crippen LogP contribution in [0.3, 0.4) is 0 Å². The molecule has 0 spiro atoms. The Morgan fingerprint density at radius 3 is 2.73 bits per heavy atom. The maximum Gasteiger partial charge on any atom is 0.337 e. The van der Waals surface area contributed by atoms with Gasteiger partial charge in [-0.1, -0.05) is 12.1 Å². The zero-order chi connectivity index (χ0) is 23.3. The van der Waals surface area contributed by atoms with Gasteiger partial charge in [-0.25, -0.2) is 4.79 Å². The van der Waals surface area contributed by atoms with E-state index in [0.717, 1.165) is 50.7 Å². The standard InChI is InChI=1S/C27H26N2O4/c1-15-5-6-17-20(13-15)29-14-19(25(26(30)31)33-27(2,3)4)23(17)18-7-8-21-22-16(10-12-32-21)9-11-28-24(18)22/h5-9,11,13-14,25H,10,12H2,1-4H3,(H,30,31)/t25-/m0/s1. The van der Waals surface area contributed by atoms with Crippen LogP contribution >= 0.6 is 0 Å². The number of nitrogens with zero attached hydrogens (tertiary/aromatic N) is 2. The van der Waals surface area contributed by atoms with Gasteiger partial charge in [0.2, 0.25) is 0 Å². The minimum atomic E-state index is -1.18. The van der Waals surface area contributed by atoms with Crippen LogP contribution in [-0.4, -0.2) is 33.3 Å². The summed E-state index contributed by atoms with van der Waals surface area (Å²) in [5.41, 5.74) is 5.32. The Morgan fingerprint density at radius 1 is 1.15 bits per heavy atom. The highest BCUT2D eigenvalue weighted by molar-refractivity contribution is 6.07. The number of rotatable bonds is 4. The molecule has 1 aliphatic rings. The number of aliphatic carboxylic acids is 1. The van der Waals surface area contributed by atoms with E-state index in [-0.39, 0.29) is 0 Å². The molecule has 0 saturated carbocycles. The van der Waals surface area contributed by atoms with Gasteiger partial charge in [0.15, 0.2) is 6.10 Å². The summed E-state index contributed by atoms with van der Waals surface area (Å²) < 4.78 is 11.9. The molecule has 3 heterocycles. The summed E-state index contributed by atoms with van der Waals surface area (Å²) in [6, 6.07) is 12.0. The summed E-state index contributed by atoms with van der Waals surface area (Å²) >= 11 is 0. The van der Waals surface area contributed by atoms with E-state index < -0.39 is 17.7 Å². The molecule has 0 fully saturated rings. The molecular weight excluding hydrogens is 416 g/mol. The molecule has 0 radical (unpaired) electrons. The van der Waals surface area contributed by atoms with Crippen molar-refractivity contribution in [2.45, 2.75) is 45.8 Å². The van der Waals surface area contributed by atoms with E-state index in [0.29, 0.717) is 12.2 Å². The number of carboxylic acid groups (broad SMARTS) is 1. The van der Waals surface area contributed by atoms with E-state index in [9.17, 15) is 9.90 Å². The van der Waals surface area contributed by atoms with E-state index >= 15 is 0 Å². The van der Waals surface area contributed by atoms with Gasteiger partial charge in [-0.15, -0.1) is 0 Å². The van der Waals surface area contributed by atoms with Gasteiger partial charge in [0.25, 0.3) is 0 Å². The zero-order valence-electron chi connectivity index (χ0n) is 19.2. The molecule has 6 heteroatoms. The number of carboxylic acids is 1. The molecule has 5 rings (SSSR count). The highest BCUT2D eigenvalue weighted by Gasteiger charge is 2.31. The second-order valence-corrected chi connectivity index (χ2v) is 9.46. The molecule has 1 aliphatic heterocycles. The molecule has 0 aliphatic carbocycles. The third-order valence-electron chi connectivity index (χ3n) is 5.87. The van der Waals surface area contributed by atoms with Crippen LogP contribution in [0.1, 0.15) is 43.6 Å². The average Bonchev–Trinajstić information content (AvgIpc) is 2.77. The summed E-state index contributed by atoms with van der Waals surface area (Å²) in [5, 5.41) is 12.0. The summed E-state index contributed by atoms with van der Waals surface area (Å²) in [4.78, 5) is 21.7. The van der Waals surface area contributed by atoms with Crippen LogP contribution in [0.2, 0.25) is 0 Å². The lowest BCUT2D eigenvalue weighted by Gasteiger charge is -2.27. The molecule has 168 valence electrons. The average molecular weight is 443 g/mol. The molecule has 0 unspecified atom stereocenters. The van der Waals surface area contributed by atoms with Crippen molar-refractivity contribution in [2.24, 2.45) is 0 Å². The van der Waals surface area contributed by atoms with Crippen LogP contribution in [0.5, 0.6) is 5.75 Å². The predicted molar refractivity (Wildman–Crippen MR) is 128 cm³/mol. The SMILES string of the molecule is Cc1ccc2c(-c3ccc4c5c(ccnc35)CCO4)c([C@H](OC(C)(C)C)C(=O)O)cnc2c1. The van der Waals surface area contributed by atoms with E-state index in [2.05, 4.69) is 4.98 Å². The molecule has 6 nitrogen and oxygen atoms in total. The number of benzene rings is 2. The van der Waals surface area contributed by atoms with Gasteiger partial charge >= 0.3 is 5.97 Å². The molecule has 0 bridgehead atoms. The molecule has 33 heavy (non-hydrogen) atoms. The van der Waals surface area contributed by atoms with Gasteiger partial charge in [0, 0.05) is 46.3 Å². The first kappa shape index (κ1) is 21.3. The molecular formula is C27H26N2O4. The lowest BCUT2D eigenvalue weighted by atomic mass is 9.90. The highest BCUT2D eigenvalue weighted by atomic mass is 16.5. The van der Waals surface area contributed by atoms with Crippen molar-refractivity contribution in [3.63, 3.8) is 0 Å². The first-order chi connectivity index (χ1) is 15.7. The van der Waals surface area contributed by atoms with Crippen LogP contribution in [0.15, 0.2) is 48.8 Å². The maximum atomic E-state index is 12.4. The van der Waals surface area contributed by atoms with Crippen LogP contribution in [0, 0.1) is 6.92 Å². The van der Waals surface area contributed by atoms with Crippen LogP contribution in [0.25, 0.3) is 32.9 Å². The molecule has 2 aromatic carbocycles. The number of hydrogen-bond acceptors (Lipinski definition) is 5. The number of fused-ring (bicyclic) bond motifs is 1. The zero-order valence-corrected chi connectivity index (χ0v) is 19.2. The third-order valence-corrected chi connectivity index (χ3v) is 5.87. The van der Waals surface area contributed by atoms with Crippen molar-refractivity contribution in [3.05, 3.63) is 65.5 Å². The second kappa shape index (κ2) is 7.81. The molecule has 1 atom stereocenters. The number of aromatic nitrogens is 2. The van der Waals surface area contributed by atoms with Gasteiger partial charge in [0.1, 0.15) is 5.75 Å². The van der Waals surface area contributed by atoms with Crippen LogP contribution in [-0.2, 0) is 16.0 Å². The van der Waals surface area contributed by atoms with Gasteiger partial charge in [-0.05, 0) is 63.1 Å². The Bertz CT molecular complexity index is 1390. The van der Waals surface area contributed by atoms with Gasteiger partial charge < -0.3 is 14.6 Å². The van der Waals surface area contributed by atoms with Crippen molar-refractivity contribution in [1.82, 2.24) is 9.97 Å². The smallest absolute Gasteiger partial charge is 0.337 e. The van der Waals surface area contributed by atoms with Crippen molar-refractivity contribution >= 4 is 27.8 Å². The maximum absolute atomic E-state index is 12.4. The summed E-state index contributed by atoms with van der Waals surface area (Å²) in [6.45, 7) is 8.19. The van der Waals surface area contributed by atoms with Gasteiger partial charge in [-0.2, -0.15) is 0 Å². The first-order valence-electron chi connectivity index (χ1n) is 11.1. The van der Waals surface area contributed by atoms with Gasteiger partial charge in [-0.3, -0.25) is 9.97 Å². The molecule has 2 aromatic heterocycles. The fraction of sp³-hybridized carbons (Fsp3) is 0.296. The van der Waals surface area contributed by atoms with E-state index in [1.165, 1.54) is 5.56 Å². The number of pyridine rings is 2. The fourth-order valence-corrected chi connectivity index (χ4v) is 4.52. The summed E-state index contributed by atoms with van der Waals surface area (Å²) in [5.74, 6) is -0.252. The Kier molecular flexibility index (Phi) is 5.05. The van der Waals surface area contributed by atoms with Crippen molar-refractivity contribution in [1.29, 1.82) is 0 Å². The molecule has 4 aromatic rings. The first-order valence-corrected chi connectivity index (χ1v) is 11.1. The highest BCUT2D eigenvalue weighted by Crippen LogP contribution is 2.43. The van der Waals surface area contributed by atoms with Crippen molar-refractivity contribution in [2.75, 3.05) is 6.61 Å². The normalized spacial score (nSPS) is 14.3. The molecule has 0 saturated heterocycles. The lowest BCUT2D eigenvalue weighted by molar-refractivity contribution is -0.160. The van der Waals surface area contributed by atoms with Crippen LogP contribution < -0.4 is 4.74 Å². The predicted octanol–water partition coefficient (Wildman–Crippen LogP) is 5.63. The Hall–Kier alpha value is -3.51. The number of carbonyl (C=O) groups is 1. The van der Waals surface area contributed by atoms with Crippen molar-refractivity contribution in [3.8, 4) is 16.9 Å². The minimum absolute atomic E-state index is 0.507. The lowest BCUT2D eigenvalue weighted by Crippen LogP contribution is -2.27. The molecule has 0 amide bonds. The summed E-state index contributed by atoms with van der Waals surface area (Å²) in [6.07, 6.45) is 3.07. The number of hydrogen-bond donors (Lipinski definition) is 1. The molecule has 1 N–H and O–H groups in total. The van der Waals surface area contributed by atoms with Crippen LogP contribution in [0.4, 0.5) is 0 Å². The number of aryl methyl sites for hydroxylation is 1. The Balaban J connectivity index is 1.87. The summed E-state index contributed by atoms with van der Waals surface area (Å²) in [7, 11) is 0. The van der Waals surface area contributed by atoms with Gasteiger partial charge in [0.05, 0.1) is 23.2 Å². The second-order valence-electron chi connectivity index (χ2n) is 9.46. The number of ether oxygens (including phenoxy) is 2. The Morgan fingerprint density at radius 2 is 1.97 bits per heavy atom.